The standard InChI is InChI=1S/C10H8BrClN2O/c1-5-9(14-15-10(5)13)6-2-7(11)4-8(12)3-6/h2-4H,13H2,1H3. The monoisotopic (exact) mass is 286 g/mol. The number of benzene rings is 1. The summed E-state index contributed by atoms with van der Waals surface area (Å²) in [6.07, 6.45) is 0. The van der Waals surface area contributed by atoms with Crippen LogP contribution in [0.15, 0.2) is 27.2 Å². The normalized spacial score (nSPS) is 10.6. The summed E-state index contributed by atoms with van der Waals surface area (Å²) in [5, 5.41) is 4.53. The van der Waals surface area contributed by atoms with E-state index in [0.717, 1.165) is 21.3 Å². The van der Waals surface area contributed by atoms with E-state index in [4.69, 9.17) is 21.9 Å². The van der Waals surface area contributed by atoms with E-state index in [1.54, 1.807) is 0 Å². The summed E-state index contributed by atoms with van der Waals surface area (Å²) in [6, 6.07) is 5.54. The number of nitrogens with two attached hydrogens (primary N) is 1. The summed E-state index contributed by atoms with van der Waals surface area (Å²) >= 11 is 9.31. The lowest BCUT2D eigenvalue weighted by molar-refractivity contribution is 0.439. The molecule has 0 spiro atoms. The van der Waals surface area contributed by atoms with Crippen LogP contribution in [-0.2, 0) is 0 Å². The number of nitrogens with zero attached hydrogens (tertiary/aromatic N) is 1. The van der Waals surface area contributed by atoms with Crippen molar-refractivity contribution in [3.8, 4) is 11.3 Å². The molecule has 1 heterocycles. The lowest BCUT2D eigenvalue weighted by atomic mass is 10.1. The first kappa shape index (κ1) is 10.5. The summed E-state index contributed by atoms with van der Waals surface area (Å²) in [4.78, 5) is 0. The van der Waals surface area contributed by atoms with Crippen LogP contribution in [0.25, 0.3) is 11.3 Å². The van der Waals surface area contributed by atoms with E-state index < -0.39 is 0 Å². The Labute approximate surface area is 100 Å². The Balaban J connectivity index is 2.58. The second kappa shape index (κ2) is 3.87. The maximum Gasteiger partial charge on any atom is 0.225 e. The predicted molar refractivity (Wildman–Crippen MR) is 63.8 cm³/mol. The predicted octanol–water partition coefficient (Wildman–Crippen LogP) is 3.65. The summed E-state index contributed by atoms with van der Waals surface area (Å²) in [7, 11) is 0. The van der Waals surface area contributed by atoms with E-state index >= 15 is 0 Å². The van der Waals surface area contributed by atoms with Gasteiger partial charge in [-0.2, -0.15) is 0 Å². The first-order valence-corrected chi connectivity index (χ1v) is 5.43. The second-order valence-electron chi connectivity index (χ2n) is 3.18. The van der Waals surface area contributed by atoms with Gasteiger partial charge in [-0.25, -0.2) is 0 Å². The third-order valence-electron chi connectivity index (χ3n) is 2.10. The van der Waals surface area contributed by atoms with Crippen LogP contribution >= 0.6 is 27.5 Å². The molecule has 0 saturated heterocycles. The van der Waals surface area contributed by atoms with Gasteiger partial charge in [0.05, 0.1) is 0 Å². The van der Waals surface area contributed by atoms with Gasteiger partial charge in [0.25, 0.3) is 0 Å². The smallest absolute Gasteiger partial charge is 0.225 e. The van der Waals surface area contributed by atoms with Crippen LogP contribution in [0, 0.1) is 6.92 Å². The maximum atomic E-state index is 5.94. The fourth-order valence-corrected chi connectivity index (χ4v) is 2.17. The number of rotatable bonds is 1. The molecule has 3 nitrogen and oxygen atoms in total. The van der Waals surface area contributed by atoms with Gasteiger partial charge < -0.3 is 10.3 Å². The van der Waals surface area contributed by atoms with Crippen LogP contribution in [0.1, 0.15) is 5.56 Å². The van der Waals surface area contributed by atoms with Gasteiger partial charge in [0, 0.05) is 20.6 Å². The van der Waals surface area contributed by atoms with Gasteiger partial charge in [-0.3, -0.25) is 0 Å². The first-order chi connectivity index (χ1) is 7.08. The zero-order valence-corrected chi connectivity index (χ0v) is 10.3. The summed E-state index contributed by atoms with van der Waals surface area (Å²) < 4.78 is 5.79. The molecule has 15 heavy (non-hydrogen) atoms. The molecule has 0 aliphatic heterocycles. The van der Waals surface area contributed by atoms with E-state index in [9.17, 15) is 0 Å². The molecule has 0 fully saturated rings. The van der Waals surface area contributed by atoms with Crippen LogP contribution in [0.4, 0.5) is 5.88 Å². The maximum absolute atomic E-state index is 5.94. The quantitative estimate of drug-likeness (QED) is 0.871. The van der Waals surface area contributed by atoms with Crippen molar-refractivity contribution in [3.05, 3.63) is 33.3 Å². The van der Waals surface area contributed by atoms with Gasteiger partial charge in [-0.1, -0.05) is 32.7 Å². The van der Waals surface area contributed by atoms with E-state index in [-0.39, 0.29) is 0 Å². The Bertz CT molecular complexity index is 490. The van der Waals surface area contributed by atoms with Gasteiger partial charge in [0.2, 0.25) is 5.88 Å². The van der Waals surface area contributed by atoms with Crippen molar-refractivity contribution in [2.75, 3.05) is 5.73 Å². The number of aromatic nitrogens is 1. The van der Waals surface area contributed by atoms with Crippen LogP contribution < -0.4 is 5.73 Å². The summed E-state index contributed by atoms with van der Waals surface area (Å²) in [5.41, 5.74) is 8.00. The molecule has 0 aliphatic rings. The molecule has 1 aromatic carbocycles. The van der Waals surface area contributed by atoms with Gasteiger partial charge in [0.15, 0.2) is 0 Å². The van der Waals surface area contributed by atoms with Gasteiger partial charge in [-0.05, 0) is 25.1 Å². The molecule has 2 aromatic rings. The zero-order valence-electron chi connectivity index (χ0n) is 7.92. The second-order valence-corrected chi connectivity index (χ2v) is 4.53. The zero-order chi connectivity index (χ0) is 11.0. The number of halogens is 2. The topological polar surface area (TPSA) is 52.0 Å². The van der Waals surface area contributed by atoms with Crippen molar-refractivity contribution in [2.24, 2.45) is 0 Å². The highest BCUT2D eigenvalue weighted by molar-refractivity contribution is 9.10. The van der Waals surface area contributed by atoms with Crippen molar-refractivity contribution in [3.63, 3.8) is 0 Å². The van der Waals surface area contributed by atoms with Crippen LogP contribution in [-0.4, -0.2) is 5.16 Å². The van der Waals surface area contributed by atoms with Gasteiger partial charge in [0.1, 0.15) is 5.69 Å². The van der Waals surface area contributed by atoms with Gasteiger partial charge >= 0.3 is 0 Å². The number of hydrogen-bond donors (Lipinski definition) is 1. The van der Waals surface area contributed by atoms with Crippen LogP contribution in [0.3, 0.4) is 0 Å². The molecule has 5 heteroatoms. The molecule has 78 valence electrons. The highest BCUT2D eigenvalue weighted by atomic mass is 79.9. The number of nitrogen functional groups attached to an aromatic ring is 1. The average Bonchev–Trinajstić information content (AvgIpc) is 2.46. The van der Waals surface area contributed by atoms with E-state index in [1.807, 2.05) is 25.1 Å². The Morgan fingerprint density at radius 3 is 2.67 bits per heavy atom. The van der Waals surface area contributed by atoms with Crippen LogP contribution in [0.5, 0.6) is 0 Å². The molecule has 2 N–H and O–H groups in total. The third kappa shape index (κ3) is 2.01. The van der Waals surface area contributed by atoms with Crippen molar-refractivity contribution in [2.45, 2.75) is 6.92 Å². The minimum absolute atomic E-state index is 0.334. The molecular weight excluding hydrogens is 279 g/mol. The molecule has 0 aliphatic carbocycles. The minimum Gasteiger partial charge on any atom is -0.367 e. The first-order valence-electron chi connectivity index (χ1n) is 4.26. The van der Waals surface area contributed by atoms with E-state index in [2.05, 4.69) is 21.1 Å². The Morgan fingerprint density at radius 2 is 2.13 bits per heavy atom. The molecule has 0 bridgehead atoms. The fourth-order valence-electron chi connectivity index (χ4n) is 1.31. The van der Waals surface area contributed by atoms with Crippen molar-refractivity contribution < 1.29 is 4.52 Å². The van der Waals surface area contributed by atoms with Gasteiger partial charge in [-0.15, -0.1) is 0 Å². The molecule has 0 radical (unpaired) electrons. The number of anilines is 1. The van der Waals surface area contributed by atoms with Crippen molar-refractivity contribution >= 4 is 33.4 Å². The molecule has 0 unspecified atom stereocenters. The minimum atomic E-state index is 0.334. The average molecular weight is 288 g/mol. The lowest BCUT2D eigenvalue weighted by Gasteiger charge is -2.00. The van der Waals surface area contributed by atoms with Crippen molar-refractivity contribution in [1.82, 2.24) is 5.16 Å². The SMILES string of the molecule is Cc1c(-c2cc(Cl)cc(Br)c2)noc1N. The lowest BCUT2D eigenvalue weighted by Crippen LogP contribution is -1.85. The Hall–Kier alpha value is -1.00. The molecule has 0 amide bonds. The Kier molecular flexibility index (Phi) is 2.71. The number of hydrogen-bond acceptors (Lipinski definition) is 3. The van der Waals surface area contributed by atoms with Crippen molar-refractivity contribution in [1.29, 1.82) is 0 Å². The largest absolute Gasteiger partial charge is 0.367 e. The molecule has 2 rings (SSSR count). The third-order valence-corrected chi connectivity index (χ3v) is 2.77. The molecule has 0 atom stereocenters. The fraction of sp³-hybridized carbons (Fsp3) is 0.100. The molecular formula is C10H8BrClN2O. The summed E-state index contributed by atoms with van der Waals surface area (Å²) in [5.74, 6) is 0.334. The Morgan fingerprint density at radius 1 is 1.40 bits per heavy atom. The van der Waals surface area contributed by atoms with E-state index in [0.29, 0.717) is 10.9 Å². The highest BCUT2D eigenvalue weighted by Crippen LogP contribution is 2.30. The summed E-state index contributed by atoms with van der Waals surface area (Å²) in [6.45, 7) is 1.86. The molecule has 0 saturated carbocycles. The molecule has 1 aromatic heterocycles. The highest BCUT2D eigenvalue weighted by Gasteiger charge is 2.11. The van der Waals surface area contributed by atoms with Crippen LogP contribution in [0.2, 0.25) is 5.02 Å². The van der Waals surface area contributed by atoms with E-state index in [1.165, 1.54) is 0 Å².